The van der Waals surface area contributed by atoms with Crippen LogP contribution in [0.3, 0.4) is 0 Å². The molecule has 0 aliphatic rings. The van der Waals surface area contributed by atoms with Crippen LogP contribution in [0.2, 0.25) is 0 Å². The maximum absolute atomic E-state index is 12.0. The molecule has 9 heteroatoms. The molecule has 1 aromatic heterocycles. The molecule has 0 fully saturated rings. The molecule has 0 atom stereocenters. The summed E-state index contributed by atoms with van der Waals surface area (Å²) >= 11 is 1.10. The second kappa shape index (κ2) is 5.52. The first kappa shape index (κ1) is 15.0. The van der Waals surface area contributed by atoms with Crippen molar-refractivity contribution < 1.29 is 16.8 Å². The molecule has 6 nitrogen and oxygen atoms in total. The van der Waals surface area contributed by atoms with Gasteiger partial charge in [0.25, 0.3) is 10.0 Å². The summed E-state index contributed by atoms with van der Waals surface area (Å²) in [5.41, 5.74) is 0.707. The van der Waals surface area contributed by atoms with Crippen molar-refractivity contribution in [2.75, 3.05) is 4.72 Å². The van der Waals surface area contributed by atoms with Crippen LogP contribution in [0, 0.1) is 0 Å². The lowest BCUT2D eigenvalue weighted by Gasteiger charge is -2.07. The van der Waals surface area contributed by atoms with E-state index in [0.717, 1.165) is 11.3 Å². The molecular weight excluding hydrogens is 320 g/mol. The van der Waals surface area contributed by atoms with Gasteiger partial charge in [0, 0.05) is 5.69 Å². The van der Waals surface area contributed by atoms with E-state index < -0.39 is 20.0 Å². The van der Waals surface area contributed by atoms with Crippen LogP contribution >= 0.6 is 11.3 Å². The zero-order valence-electron chi connectivity index (χ0n) is 10.2. The lowest BCUT2D eigenvalue weighted by Crippen LogP contribution is -2.15. The Morgan fingerprint density at radius 2 is 1.85 bits per heavy atom. The van der Waals surface area contributed by atoms with E-state index in [-0.39, 0.29) is 9.96 Å². The predicted molar refractivity (Wildman–Crippen MR) is 78.4 cm³/mol. The molecular formula is C11H12N2O4S3. The largest absolute Gasteiger partial charge is 0.279 e. The van der Waals surface area contributed by atoms with E-state index >= 15 is 0 Å². The molecule has 0 saturated heterocycles. The Kier molecular flexibility index (Phi) is 4.14. The standard InChI is InChI=1S/C11H12N2O4S3/c12-19(14,15)8-9-3-1-4-10(7-9)13-20(16,17)11-5-2-6-18-11/h1-7,13H,8H2,(H2,12,14,15). The van der Waals surface area contributed by atoms with Gasteiger partial charge in [-0.25, -0.2) is 22.0 Å². The van der Waals surface area contributed by atoms with Crippen LogP contribution < -0.4 is 9.86 Å². The summed E-state index contributed by atoms with van der Waals surface area (Å²) < 4.78 is 48.7. The van der Waals surface area contributed by atoms with Crippen LogP contribution in [0.1, 0.15) is 5.56 Å². The third-order valence-electron chi connectivity index (χ3n) is 2.31. The molecule has 0 aliphatic carbocycles. The zero-order valence-corrected chi connectivity index (χ0v) is 12.6. The van der Waals surface area contributed by atoms with Gasteiger partial charge in [-0.3, -0.25) is 4.72 Å². The van der Waals surface area contributed by atoms with E-state index in [0.29, 0.717) is 11.3 Å². The van der Waals surface area contributed by atoms with Crippen molar-refractivity contribution in [1.29, 1.82) is 0 Å². The van der Waals surface area contributed by atoms with Crippen molar-refractivity contribution in [2.45, 2.75) is 9.96 Å². The molecule has 0 unspecified atom stereocenters. The summed E-state index contributed by atoms with van der Waals surface area (Å²) in [5.74, 6) is -0.346. The van der Waals surface area contributed by atoms with Crippen LogP contribution in [-0.2, 0) is 25.8 Å². The SMILES string of the molecule is NS(=O)(=O)Cc1cccc(NS(=O)(=O)c2cccs2)c1. The molecule has 2 aromatic rings. The number of anilines is 1. The molecule has 108 valence electrons. The second-order valence-corrected chi connectivity index (χ2v) is 8.52. The topological polar surface area (TPSA) is 106 Å². The summed E-state index contributed by atoms with van der Waals surface area (Å²) in [6, 6.07) is 9.23. The Bertz CT molecular complexity index is 796. The zero-order chi connectivity index (χ0) is 14.8. The second-order valence-electron chi connectivity index (χ2n) is 4.05. The number of rotatable bonds is 5. The third kappa shape index (κ3) is 4.04. The predicted octanol–water partition coefficient (Wildman–Crippen LogP) is 1.34. The molecule has 0 saturated carbocycles. The molecule has 3 N–H and O–H groups in total. The normalized spacial score (nSPS) is 12.2. The van der Waals surface area contributed by atoms with Gasteiger partial charge in [0.1, 0.15) is 4.21 Å². The van der Waals surface area contributed by atoms with Gasteiger partial charge in [-0.2, -0.15) is 0 Å². The minimum absolute atomic E-state index is 0.189. The maximum Gasteiger partial charge on any atom is 0.271 e. The molecule has 0 radical (unpaired) electrons. The van der Waals surface area contributed by atoms with Crippen molar-refractivity contribution >= 4 is 37.1 Å². The van der Waals surface area contributed by atoms with Crippen molar-refractivity contribution in [3.05, 3.63) is 47.3 Å². The highest BCUT2D eigenvalue weighted by molar-refractivity contribution is 7.94. The molecule has 0 spiro atoms. The number of benzene rings is 1. The van der Waals surface area contributed by atoms with Crippen LogP contribution in [0.4, 0.5) is 5.69 Å². The quantitative estimate of drug-likeness (QED) is 0.861. The molecule has 20 heavy (non-hydrogen) atoms. The first-order valence-corrected chi connectivity index (χ1v) is 9.50. The molecule has 1 aromatic carbocycles. The Morgan fingerprint density at radius 3 is 2.45 bits per heavy atom. The number of thiophene rings is 1. The summed E-state index contributed by atoms with van der Waals surface area (Å²) in [7, 11) is -7.30. The van der Waals surface area contributed by atoms with Crippen LogP contribution in [0.25, 0.3) is 0 Å². The van der Waals surface area contributed by atoms with Crippen molar-refractivity contribution in [3.63, 3.8) is 0 Å². The summed E-state index contributed by atoms with van der Waals surface area (Å²) in [6.45, 7) is 0. The summed E-state index contributed by atoms with van der Waals surface area (Å²) in [6.07, 6.45) is 0. The van der Waals surface area contributed by atoms with Gasteiger partial charge in [0.2, 0.25) is 10.0 Å². The lowest BCUT2D eigenvalue weighted by molar-refractivity contribution is 0.596. The minimum Gasteiger partial charge on any atom is -0.279 e. The smallest absolute Gasteiger partial charge is 0.271 e. The van der Waals surface area contributed by atoms with E-state index in [4.69, 9.17) is 5.14 Å². The molecule has 0 aliphatic heterocycles. The first-order valence-electron chi connectivity index (χ1n) is 5.42. The summed E-state index contributed by atoms with van der Waals surface area (Å²) in [5, 5.41) is 6.62. The van der Waals surface area contributed by atoms with Crippen molar-refractivity contribution in [1.82, 2.24) is 0 Å². The highest BCUT2D eigenvalue weighted by Gasteiger charge is 2.15. The van der Waals surface area contributed by atoms with Gasteiger partial charge < -0.3 is 0 Å². The van der Waals surface area contributed by atoms with E-state index in [9.17, 15) is 16.8 Å². The molecule has 0 amide bonds. The van der Waals surface area contributed by atoms with Crippen LogP contribution in [0.5, 0.6) is 0 Å². The average Bonchev–Trinajstić information content (AvgIpc) is 2.80. The number of primary sulfonamides is 1. The van der Waals surface area contributed by atoms with Gasteiger partial charge in [-0.15, -0.1) is 11.3 Å². The Morgan fingerprint density at radius 1 is 1.10 bits per heavy atom. The van der Waals surface area contributed by atoms with E-state index in [2.05, 4.69) is 4.72 Å². The molecule has 1 heterocycles. The van der Waals surface area contributed by atoms with Gasteiger partial charge in [0.05, 0.1) is 5.75 Å². The number of sulfonamides is 2. The van der Waals surface area contributed by atoms with Crippen LogP contribution in [0.15, 0.2) is 46.0 Å². The van der Waals surface area contributed by atoms with E-state index in [1.165, 1.54) is 18.2 Å². The highest BCUT2D eigenvalue weighted by Crippen LogP contribution is 2.21. The van der Waals surface area contributed by atoms with Gasteiger partial charge in [0.15, 0.2) is 0 Å². The fourth-order valence-electron chi connectivity index (χ4n) is 1.58. The van der Waals surface area contributed by atoms with Crippen molar-refractivity contribution in [2.24, 2.45) is 5.14 Å². The third-order valence-corrected chi connectivity index (χ3v) is 5.82. The van der Waals surface area contributed by atoms with Gasteiger partial charge in [-0.05, 0) is 29.1 Å². The van der Waals surface area contributed by atoms with Gasteiger partial charge in [-0.1, -0.05) is 18.2 Å². The molecule has 0 bridgehead atoms. The first-order chi connectivity index (χ1) is 9.26. The summed E-state index contributed by atoms with van der Waals surface area (Å²) in [4.78, 5) is 0. The maximum atomic E-state index is 12.0. The fraction of sp³-hybridized carbons (Fsp3) is 0.0909. The average molecular weight is 332 g/mol. The fourth-order valence-corrected chi connectivity index (χ4v) is 4.27. The number of hydrogen-bond donors (Lipinski definition) is 2. The monoisotopic (exact) mass is 332 g/mol. The highest BCUT2D eigenvalue weighted by atomic mass is 32.2. The van der Waals surface area contributed by atoms with Crippen LogP contribution in [-0.4, -0.2) is 16.8 Å². The van der Waals surface area contributed by atoms with E-state index in [1.54, 1.807) is 23.6 Å². The number of nitrogens with two attached hydrogens (primary N) is 1. The Hall–Kier alpha value is -1.42. The number of nitrogens with one attached hydrogen (secondary N) is 1. The van der Waals surface area contributed by atoms with Crippen molar-refractivity contribution in [3.8, 4) is 0 Å². The minimum atomic E-state index is -3.66. The van der Waals surface area contributed by atoms with E-state index in [1.807, 2.05) is 0 Å². The molecule has 2 rings (SSSR count). The number of hydrogen-bond acceptors (Lipinski definition) is 5. The Balaban J connectivity index is 2.25. The lowest BCUT2D eigenvalue weighted by atomic mass is 10.2. The Labute approximate surface area is 121 Å². The van der Waals surface area contributed by atoms with Gasteiger partial charge >= 0.3 is 0 Å².